The molecular weight excluding hydrogens is 875 g/mol. The van der Waals surface area contributed by atoms with Crippen molar-refractivity contribution in [2.75, 3.05) is 0 Å². The minimum absolute atomic E-state index is 0. The third kappa shape index (κ3) is 9.70. The molecular formula is C49H60IrNO3S-. The van der Waals surface area contributed by atoms with Gasteiger partial charge < -0.3 is 9.52 Å². The van der Waals surface area contributed by atoms with Crippen LogP contribution in [-0.4, -0.2) is 15.9 Å². The first kappa shape index (κ1) is 44.1. The summed E-state index contributed by atoms with van der Waals surface area (Å²) >= 11 is 1.81. The van der Waals surface area contributed by atoms with Crippen LogP contribution in [0.1, 0.15) is 118 Å². The summed E-state index contributed by atoms with van der Waals surface area (Å²) in [4.78, 5) is 18.6. The molecule has 3 heterocycles. The van der Waals surface area contributed by atoms with E-state index in [1.54, 1.807) is 0 Å². The van der Waals surface area contributed by atoms with Crippen molar-refractivity contribution in [2.45, 2.75) is 121 Å². The summed E-state index contributed by atoms with van der Waals surface area (Å²) in [6.45, 7) is 25.5. The Bertz CT molecular complexity index is 2290. The van der Waals surface area contributed by atoms with Gasteiger partial charge in [0.05, 0.1) is 10.2 Å². The van der Waals surface area contributed by atoms with E-state index in [9.17, 15) is 9.90 Å². The number of aromatic nitrogens is 1. The van der Waals surface area contributed by atoms with E-state index in [4.69, 9.17) is 9.40 Å². The zero-order chi connectivity index (χ0) is 39.6. The summed E-state index contributed by atoms with van der Waals surface area (Å²) in [5.41, 5.74) is 7.13. The molecule has 0 bridgehead atoms. The number of aryl methyl sites for hydroxylation is 1. The maximum absolute atomic E-state index is 12.2. The first-order valence-corrected chi connectivity index (χ1v) is 20.6. The van der Waals surface area contributed by atoms with Crippen LogP contribution in [0.15, 0.2) is 83.0 Å². The Kier molecular flexibility index (Phi) is 14.2. The van der Waals surface area contributed by atoms with E-state index < -0.39 is 0 Å². The van der Waals surface area contributed by atoms with Gasteiger partial charge in [-0.1, -0.05) is 117 Å². The molecule has 0 amide bonds. The number of carbonyl (C=O) groups excluding carboxylic acids is 1. The van der Waals surface area contributed by atoms with Crippen LogP contribution >= 0.6 is 11.3 Å². The quantitative estimate of drug-likeness (QED) is 0.0799. The number of thiophene rings is 1. The van der Waals surface area contributed by atoms with Gasteiger partial charge in [0.2, 0.25) is 0 Å². The summed E-state index contributed by atoms with van der Waals surface area (Å²) in [5, 5.41) is 13.7. The number of fused-ring (bicyclic) bond motifs is 3. The van der Waals surface area contributed by atoms with Crippen LogP contribution in [0.2, 0.25) is 0 Å². The number of carbonyl (C=O) groups is 1. The average molecular weight is 935 g/mol. The Labute approximate surface area is 347 Å². The molecule has 55 heavy (non-hydrogen) atoms. The molecule has 0 fully saturated rings. The number of allylic oxidation sites excluding steroid dienone is 2. The summed E-state index contributed by atoms with van der Waals surface area (Å²) < 4.78 is 7.35. The van der Waals surface area contributed by atoms with E-state index in [1.807, 2.05) is 52.9 Å². The van der Waals surface area contributed by atoms with Gasteiger partial charge in [0, 0.05) is 59.4 Å². The second kappa shape index (κ2) is 17.7. The first-order valence-electron chi connectivity index (χ1n) is 19.8. The first-order chi connectivity index (χ1) is 25.4. The molecule has 1 radical (unpaired) electrons. The van der Waals surface area contributed by atoms with Crippen LogP contribution in [-0.2, 0) is 36.7 Å². The maximum atomic E-state index is 12.2. The number of nitrogens with zero attached hydrogens (tertiary/aromatic N) is 1. The van der Waals surface area contributed by atoms with Gasteiger partial charge in [-0.2, -0.15) is 0 Å². The molecule has 0 spiro atoms. The van der Waals surface area contributed by atoms with Gasteiger partial charge in [0.1, 0.15) is 17.1 Å². The predicted octanol–water partition coefficient (Wildman–Crippen LogP) is 14.8. The number of ketones is 1. The Morgan fingerprint density at radius 1 is 0.891 bits per heavy atom. The fraction of sp³-hybridized carbons (Fsp3) is 0.429. The van der Waals surface area contributed by atoms with Crippen molar-refractivity contribution >= 4 is 49.1 Å². The van der Waals surface area contributed by atoms with Gasteiger partial charge >= 0.3 is 0 Å². The number of furan rings is 1. The van der Waals surface area contributed by atoms with Gasteiger partial charge in [0.25, 0.3) is 0 Å². The van der Waals surface area contributed by atoms with Crippen LogP contribution < -0.4 is 0 Å². The normalized spacial score (nSPS) is 12.6. The maximum Gasteiger partial charge on any atom is 0.164 e. The minimum Gasteiger partial charge on any atom is -0.512 e. The van der Waals surface area contributed by atoms with Crippen LogP contribution in [0.3, 0.4) is 0 Å². The minimum atomic E-state index is -0.337. The standard InChI is InChI=1S/C34H32NOS.C15H28O2.Ir/c1-20(2)13-26-17-25-16-23(11-12-32(25)36-26)28-19-30(35-31-14-21(3)37-33(28)31)24-15-22-9-7-8-10-27(22)29(18-24)34(4,5)6;1-7-14(5,8-2)12(16)11-13(17)15(6,9-3)10-4;/h7-12,14,16-20H,13H2,1-6H3;11,16H,7-10H2,1-6H3;/q-1;;/b;12-11-;. The molecule has 3 aromatic carbocycles. The Balaban J connectivity index is 0.000000320. The van der Waals surface area contributed by atoms with Crippen molar-refractivity contribution in [1.29, 1.82) is 0 Å². The van der Waals surface area contributed by atoms with Crippen molar-refractivity contribution in [3.8, 4) is 22.4 Å². The zero-order valence-electron chi connectivity index (χ0n) is 35.0. The molecule has 6 aromatic rings. The second-order valence-electron chi connectivity index (χ2n) is 17.0. The monoisotopic (exact) mass is 935 g/mol. The molecule has 0 aliphatic rings. The largest absolute Gasteiger partial charge is 0.512 e. The smallest absolute Gasteiger partial charge is 0.164 e. The van der Waals surface area contributed by atoms with Crippen LogP contribution in [0.25, 0.3) is 54.3 Å². The molecule has 3 aromatic heterocycles. The Hall–Kier alpha value is -3.57. The molecule has 0 saturated carbocycles. The number of pyridine rings is 1. The third-order valence-electron chi connectivity index (χ3n) is 11.6. The van der Waals surface area contributed by atoms with Crippen molar-refractivity contribution < 1.29 is 34.4 Å². The van der Waals surface area contributed by atoms with Gasteiger partial charge in [-0.25, -0.2) is 0 Å². The molecule has 6 rings (SSSR count). The van der Waals surface area contributed by atoms with Crippen molar-refractivity contribution in [3.05, 3.63) is 101 Å². The molecule has 4 nitrogen and oxygen atoms in total. The SMILES string of the molecule is CCC(C)(CC)C(=O)/C=C(\O)C(C)(CC)CC.Cc1cc2nc(-c3[c-]c4ccccc4c(C(C)(C)C)c3)cc(-c3ccc4oc(CC(C)C)cc4c3)c2s1.[Ir]. The summed E-state index contributed by atoms with van der Waals surface area (Å²) in [6, 6.07) is 27.7. The summed E-state index contributed by atoms with van der Waals surface area (Å²) in [7, 11) is 0. The molecule has 1 N–H and O–H groups in total. The molecule has 0 atom stereocenters. The van der Waals surface area contributed by atoms with Gasteiger partial charge in [-0.15, -0.1) is 40.5 Å². The third-order valence-corrected chi connectivity index (χ3v) is 12.6. The molecule has 0 aliphatic heterocycles. The molecule has 295 valence electrons. The van der Waals surface area contributed by atoms with Gasteiger partial charge in [-0.3, -0.25) is 9.78 Å². The fourth-order valence-electron chi connectivity index (χ4n) is 6.93. The van der Waals surface area contributed by atoms with Crippen molar-refractivity contribution in [3.63, 3.8) is 0 Å². The fourth-order valence-corrected chi connectivity index (χ4v) is 7.92. The van der Waals surface area contributed by atoms with E-state index in [0.29, 0.717) is 5.92 Å². The number of rotatable bonds is 11. The van der Waals surface area contributed by atoms with Gasteiger partial charge in [0.15, 0.2) is 5.78 Å². The van der Waals surface area contributed by atoms with E-state index in [1.165, 1.54) is 37.7 Å². The predicted molar refractivity (Wildman–Crippen MR) is 232 cm³/mol. The zero-order valence-corrected chi connectivity index (χ0v) is 38.2. The van der Waals surface area contributed by atoms with E-state index in [2.05, 4.69) is 114 Å². The number of hydrogen-bond acceptors (Lipinski definition) is 5. The summed E-state index contributed by atoms with van der Waals surface area (Å²) in [5.74, 6) is 1.90. The van der Waals surface area contributed by atoms with Crippen molar-refractivity contribution in [2.24, 2.45) is 16.7 Å². The number of aliphatic hydroxyl groups excluding tert-OH is 1. The molecule has 0 unspecified atom stereocenters. The van der Waals surface area contributed by atoms with E-state index in [-0.39, 0.29) is 47.9 Å². The number of hydrogen-bond donors (Lipinski definition) is 1. The van der Waals surface area contributed by atoms with Crippen LogP contribution in [0.4, 0.5) is 0 Å². The van der Waals surface area contributed by atoms with Gasteiger partial charge in [-0.05, 0) is 79.3 Å². The second-order valence-corrected chi connectivity index (χ2v) is 18.3. The Morgan fingerprint density at radius 3 is 2.16 bits per heavy atom. The topological polar surface area (TPSA) is 63.3 Å². The van der Waals surface area contributed by atoms with Crippen molar-refractivity contribution in [1.82, 2.24) is 4.98 Å². The summed E-state index contributed by atoms with van der Waals surface area (Å²) in [6.07, 6.45) is 5.70. The number of benzene rings is 3. The molecule has 0 saturated heterocycles. The van der Waals surface area contributed by atoms with E-state index in [0.717, 1.165) is 71.0 Å². The Morgan fingerprint density at radius 2 is 1.55 bits per heavy atom. The molecule has 0 aliphatic carbocycles. The number of aliphatic hydroxyl groups is 1. The van der Waals surface area contributed by atoms with Crippen LogP contribution in [0, 0.1) is 29.7 Å². The molecule has 6 heteroatoms. The van der Waals surface area contributed by atoms with E-state index >= 15 is 0 Å². The van der Waals surface area contributed by atoms with Crippen LogP contribution in [0.5, 0.6) is 0 Å². The average Bonchev–Trinajstić information content (AvgIpc) is 3.73.